The van der Waals surface area contributed by atoms with Crippen LogP contribution in [0.4, 0.5) is 5.69 Å². The monoisotopic (exact) mass is 346 g/mol. The second-order valence-electron chi connectivity index (χ2n) is 7.47. The highest BCUT2D eigenvalue weighted by Crippen LogP contribution is 2.21. The molecule has 5 heteroatoms. The Morgan fingerprint density at radius 3 is 2.64 bits per heavy atom. The van der Waals surface area contributed by atoms with Gasteiger partial charge in [-0.05, 0) is 43.8 Å². The maximum absolute atomic E-state index is 6.15. The van der Waals surface area contributed by atoms with Gasteiger partial charge in [0.05, 0.1) is 13.2 Å². The molecule has 5 nitrogen and oxygen atoms in total. The van der Waals surface area contributed by atoms with Gasteiger partial charge in [-0.2, -0.15) is 0 Å². The molecular formula is C20H34N4O. The number of hydrogen-bond acceptors (Lipinski definition) is 3. The average Bonchev–Trinajstić information content (AvgIpc) is 2.58. The number of piperidine rings is 1. The molecule has 0 aromatic heterocycles. The number of aliphatic imine (C=N–C) groups is 1. The van der Waals surface area contributed by atoms with E-state index in [2.05, 4.69) is 36.0 Å². The summed E-state index contributed by atoms with van der Waals surface area (Å²) < 4.78 is 5.24. The Hall–Kier alpha value is -1.59. The molecule has 1 aromatic rings. The standard InChI is InChI=1S/C20H34N4O/c1-15(2)19(24-11-9-16(3)10-12-24)13-22-20(21)23-18-8-6-5-7-17(18)14-25-4/h5-8,15-16,19H,9-14H2,1-4H3,(H3,21,22,23). The van der Waals surface area contributed by atoms with Crippen LogP contribution in [0.1, 0.15) is 39.2 Å². The second-order valence-corrected chi connectivity index (χ2v) is 7.47. The van der Waals surface area contributed by atoms with Crippen LogP contribution in [0, 0.1) is 11.8 Å². The lowest BCUT2D eigenvalue weighted by atomic mass is 9.94. The maximum atomic E-state index is 6.15. The summed E-state index contributed by atoms with van der Waals surface area (Å²) in [4.78, 5) is 7.22. The lowest BCUT2D eigenvalue weighted by molar-refractivity contribution is 0.113. The molecule has 140 valence electrons. The van der Waals surface area contributed by atoms with Gasteiger partial charge in [0, 0.05) is 24.4 Å². The van der Waals surface area contributed by atoms with Gasteiger partial charge in [-0.15, -0.1) is 0 Å². The molecule has 0 bridgehead atoms. The van der Waals surface area contributed by atoms with Gasteiger partial charge in [0.1, 0.15) is 0 Å². The quantitative estimate of drug-likeness (QED) is 0.587. The number of nitrogens with zero attached hydrogens (tertiary/aromatic N) is 2. The van der Waals surface area contributed by atoms with E-state index in [0.29, 0.717) is 24.5 Å². The SMILES string of the molecule is COCc1ccccc1NC(N)=NCC(C(C)C)N1CCC(C)CC1. The van der Waals surface area contributed by atoms with Crippen molar-refractivity contribution in [2.45, 2.75) is 46.3 Å². The number of anilines is 1. The fourth-order valence-electron chi connectivity index (χ4n) is 3.40. The van der Waals surface area contributed by atoms with Gasteiger partial charge in [0.15, 0.2) is 5.96 Å². The Bertz CT molecular complexity index is 550. The zero-order valence-electron chi connectivity index (χ0n) is 16.2. The summed E-state index contributed by atoms with van der Waals surface area (Å²) in [5, 5.41) is 3.23. The molecule has 1 aliphatic rings. The first-order chi connectivity index (χ1) is 12.0. The zero-order valence-corrected chi connectivity index (χ0v) is 16.2. The molecule has 25 heavy (non-hydrogen) atoms. The van der Waals surface area contributed by atoms with E-state index >= 15 is 0 Å². The number of ether oxygens (including phenoxy) is 1. The zero-order chi connectivity index (χ0) is 18.2. The summed E-state index contributed by atoms with van der Waals surface area (Å²) >= 11 is 0. The Morgan fingerprint density at radius 2 is 2.00 bits per heavy atom. The number of nitrogens with two attached hydrogens (primary N) is 1. The first-order valence-electron chi connectivity index (χ1n) is 9.39. The lowest BCUT2D eigenvalue weighted by Gasteiger charge is -2.38. The second kappa shape index (κ2) is 9.78. The highest BCUT2D eigenvalue weighted by atomic mass is 16.5. The van der Waals surface area contributed by atoms with E-state index in [-0.39, 0.29) is 0 Å². The third kappa shape index (κ3) is 6.01. The molecule has 0 saturated carbocycles. The highest BCUT2D eigenvalue weighted by Gasteiger charge is 2.25. The molecule has 3 N–H and O–H groups in total. The molecule has 1 unspecified atom stereocenters. The minimum absolute atomic E-state index is 0.446. The number of benzene rings is 1. The number of nitrogens with one attached hydrogen (secondary N) is 1. The Labute approximate surface area is 152 Å². The van der Waals surface area contributed by atoms with Crippen LogP contribution in [0.5, 0.6) is 0 Å². The van der Waals surface area contributed by atoms with Crippen molar-refractivity contribution in [1.29, 1.82) is 0 Å². The van der Waals surface area contributed by atoms with Crippen molar-refractivity contribution in [3.8, 4) is 0 Å². The molecule has 1 fully saturated rings. The number of para-hydroxylation sites is 1. The summed E-state index contributed by atoms with van der Waals surface area (Å²) in [5.41, 5.74) is 8.18. The van der Waals surface area contributed by atoms with Crippen molar-refractivity contribution in [1.82, 2.24) is 4.90 Å². The molecule has 1 aliphatic heterocycles. The van der Waals surface area contributed by atoms with Gasteiger partial charge in [-0.1, -0.05) is 39.0 Å². The van der Waals surface area contributed by atoms with Crippen molar-refractivity contribution in [2.75, 3.05) is 32.1 Å². The Morgan fingerprint density at radius 1 is 1.32 bits per heavy atom. The summed E-state index contributed by atoms with van der Waals surface area (Å²) in [6.07, 6.45) is 2.57. The van der Waals surface area contributed by atoms with Crippen LogP contribution in [0.15, 0.2) is 29.3 Å². The molecule has 1 aromatic carbocycles. The number of likely N-dealkylation sites (tertiary alicyclic amines) is 1. The fraction of sp³-hybridized carbons (Fsp3) is 0.650. The fourth-order valence-corrected chi connectivity index (χ4v) is 3.40. The summed E-state index contributed by atoms with van der Waals surface area (Å²) in [7, 11) is 1.70. The van der Waals surface area contributed by atoms with Gasteiger partial charge in [-0.25, -0.2) is 0 Å². The first kappa shape index (κ1) is 19.7. The number of guanidine groups is 1. The molecule has 0 aliphatic carbocycles. The molecule has 1 heterocycles. The van der Waals surface area contributed by atoms with Gasteiger partial charge >= 0.3 is 0 Å². The molecule has 0 amide bonds. The van der Waals surface area contributed by atoms with Crippen molar-refractivity contribution in [2.24, 2.45) is 22.6 Å². The summed E-state index contributed by atoms with van der Waals surface area (Å²) in [6, 6.07) is 8.47. The van der Waals surface area contributed by atoms with Crippen molar-refractivity contribution in [3.63, 3.8) is 0 Å². The minimum Gasteiger partial charge on any atom is -0.380 e. The van der Waals surface area contributed by atoms with E-state index < -0.39 is 0 Å². The molecule has 1 atom stereocenters. The van der Waals surface area contributed by atoms with Gasteiger partial charge in [0.2, 0.25) is 0 Å². The van der Waals surface area contributed by atoms with Crippen LogP contribution in [-0.2, 0) is 11.3 Å². The molecule has 0 spiro atoms. The van der Waals surface area contributed by atoms with E-state index in [4.69, 9.17) is 10.5 Å². The number of rotatable bonds is 7. The lowest BCUT2D eigenvalue weighted by Crippen LogP contribution is -2.45. The van der Waals surface area contributed by atoms with E-state index in [9.17, 15) is 0 Å². The third-order valence-corrected chi connectivity index (χ3v) is 5.09. The first-order valence-corrected chi connectivity index (χ1v) is 9.39. The Balaban J connectivity index is 1.98. The topological polar surface area (TPSA) is 62.9 Å². The van der Waals surface area contributed by atoms with E-state index in [1.165, 1.54) is 25.9 Å². The number of hydrogen-bond donors (Lipinski definition) is 2. The minimum atomic E-state index is 0.446. The van der Waals surface area contributed by atoms with E-state index in [1.807, 2.05) is 24.3 Å². The van der Waals surface area contributed by atoms with Crippen LogP contribution < -0.4 is 11.1 Å². The maximum Gasteiger partial charge on any atom is 0.193 e. The highest BCUT2D eigenvalue weighted by molar-refractivity contribution is 5.92. The summed E-state index contributed by atoms with van der Waals surface area (Å²) in [6.45, 7) is 10.5. The van der Waals surface area contributed by atoms with Crippen LogP contribution in [0.3, 0.4) is 0 Å². The smallest absolute Gasteiger partial charge is 0.193 e. The third-order valence-electron chi connectivity index (χ3n) is 5.09. The van der Waals surface area contributed by atoms with Gasteiger partial charge in [0.25, 0.3) is 0 Å². The van der Waals surface area contributed by atoms with Gasteiger partial charge in [-0.3, -0.25) is 9.89 Å². The average molecular weight is 347 g/mol. The molecule has 2 rings (SSSR count). The van der Waals surface area contributed by atoms with Gasteiger partial charge < -0.3 is 15.8 Å². The summed E-state index contributed by atoms with van der Waals surface area (Å²) in [5.74, 6) is 1.88. The van der Waals surface area contributed by atoms with Crippen LogP contribution >= 0.6 is 0 Å². The van der Waals surface area contributed by atoms with Crippen molar-refractivity contribution in [3.05, 3.63) is 29.8 Å². The largest absolute Gasteiger partial charge is 0.380 e. The van der Waals surface area contributed by atoms with E-state index in [1.54, 1.807) is 7.11 Å². The van der Waals surface area contributed by atoms with Crippen LogP contribution in [0.2, 0.25) is 0 Å². The molecule has 1 saturated heterocycles. The normalized spacial score (nSPS) is 18.5. The predicted octanol–water partition coefficient (Wildman–Crippen LogP) is 3.32. The van der Waals surface area contributed by atoms with E-state index in [0.717, 1.165) is 23.7 Å². The number of methoxy groups -OCH3 is 1. The predicted molar refractivity (Wildman–Crippen MR) is 106 cm³/mol. The molecule has 0 radical (unpaired) electrons. The molecular weight excluding hydrogens is 312 g/mol. The van der Waals surface area contributed by atoms with Crippen LogP contribution in [-0.4, -0.2) is 43.6 Å². The van der Waals surface area contributed by atoms with Crippen molar-refractivity contribution < 1.29 is 4.74 Å². The van der Waals surface area contributed by atoms with Crippen molar-refractivity contribution >= 4 is 11.6 Å². The van der Waals surface area contributed by atoms with Crippen LogP contribution in [0.25, 0.3) is 0 Å². The Kier molecular flexibility index (Phi) is 7.72.